The molecule has 9 heteroatoms. The van der Waals surface area contributed by atoms with Crippen LogP contribution in [0.25, 0.3) is 11.0 Å². The van der Waals surface area contributed by atoms with Crippen LogP contribution in [0.4, 0.5) is 10.5 Å². The zero-order chi connectivity index (χ0) is 25.6. The Morgan fingerprint density at radius 1 is 0.914 bits per heavy atom. The Labute approximate surface area is 204 Å². The summed E-state index contributed by atoms with van der Waals surface area (Å²) in [6.07, 6.45) is -0.464. The molecule has 9 nitrogen and oxygen atoms in total. The van der Waals surface area contributed by atoms with Crippen LogP contribution in [0, 0.1) is 13.8 Å². The van der Waals surface area contributed by atoms with Crippen molar-refractivity contribution in [3.05, 3.63) is 65.0 Å². The molecule has 3 rings (SSSR count). The lowest BCUT2D eigenvalue weighted by molar-refractivity contribution is -0.121. The number of rotatable bonds is 7. The molecule has 184 valence electrons. The molecule has 0 spiro atoms. The van der Waals surface area contributed by atoms with E-state index < -0.39 is 11.7 Å². The van der Waals surface area contributed by atoms with E-state index in [2.05, 4.69) is 25.9 Å². The molecule has 0 saturated heterocycles. The van der Waals surface area contributed by atoms with Crippen LogP contribution in [-0.4, -0.2) is 40.0 Å². The number of nitrogens with one attached hydrogen (secondary N) is 3. The van der Waals surface area contributed by atoms with Crippen LogP contribution in [0.15, 0.2) is 42.5 Å². The second kappa shape index (κ2) is 10.9. The first kappa shape index (κ1) is 25.6. The maximum absolute atomic E-state index is 12.9. The molecule has 0 fully saturated rings. The van der Waals surface area contributed by atoms with Gasteiger partial charge < -0.3 is 20.7 Å². The quantitative estimate of drug-likeness (QED) is 0.472. The van der Waals surface area contributed by atoms with E-state index in [0.717, 1.165) is 22.5 Å². The fraction of sp³-hybridized carbons (Fsp3) is 0.346. The van der Waals surface area contributed by atoms with Crippen molar-refractivity contribution in [1.29, 1.82) is 0 Å². The smallest absolute Gasteiger partial charge is 0.407 e. The van der Waals surface area contributed by atoms with Gasteiger partial charge in [0.25, 0.3) is 5.91 Å². The summed E-state index contributed by atoms with van der Waals surface area (Å²) in [6.45, 7) is 9.47. The van der Waals surface area contributed by atoms with E-state index in [9.17, 15) is 14.4 Å². The molecule has 0 saturated carbocycles. The van der Waals surface area contributed by atoms with E-state index in [4.69, 9.17) is 4.74 Å². The molecule has 3 aromatic rings. The summed E-state index contributed by atoms with van der Waals surface area (Å²) in [5.74, 6) is -0.520. The first-order valence-corrected chi connectivity index (χ1v) is 11.4. The molecule has 0 aliphatic rings. The molecule has 1 heterocycles. The average Bonchev–Trinajstić information content (AvgIpc) is 2.77. The van der Waals surface area contributed by atoms with Crippen molar-refractivity contribution in [2.24, 2.45) is 0 Å². The van der Waals surface area contributed by atoms with E-state index in [-0.39, 0.29) is 31.3 Å². The maximum atomic E-state index is 12.9. The topological polar surface area (TPSA) is 122 Å². The summed E-state index contributed by atoms with van der Waals surface area (Å²) >= 11 is 0. The Morgan fingerprint density at radius 2 is 1.60 bits per heavy atom. The number of nitrogens with zero attached hydrogens (tertiary/aromatic N) is 2. The minimum atomic E-state index is -0.598. The van der Waals surface area contributed by atoms with Gasteiger partial charge in [-0.25, -0.2) is 14.8 Å². The Bertz CT molecular complexity index is 1250. The number of amides is 3. The Kier molecular flexibility index (Phi) is 8.01. The van der Waals surface area contributed by atoms with Crippen LogP contribution in [-0.2, 0) is 16.1 Å². The zero-order valence-electron chi connectivity index (χ0n) is 20.7. The highest BCUT2D eigenvalue weighted by molar-refractivity contribution is 6.06. The highest BCUT2D eigenvalue weighted by Crippen LogP contribution is 2.19. The number of carbonyl (C=O) groups is 3. The Balaban J connectivity index is 1.57. The number of alkyl carbamates (subject to hydrolysis) is 1. The predicted octanol–water partition coefficient (Wildman–Crippen LogP) is 4.03. The second-order valence-corrected chi connectivity index (χ2v) is 9.16. The van der Waals surface area contributed by atoms with Gasteiger partial charge in [-0.3, -0.25) is 9.59 Å². The number of aromatic nitrogens is 2. The molecule has 0 aliphatic heterocycles. The van der Waals surface area contributed by atoms with Gasteiger partial charge in [-0.15, -0.1) is 0 Å². The maximum Gasteiger partial charge on any atom is 0.407 e. The third-order valence-electron chi connectivity index (χ3n) is 5.10. The second-order valence-electron chi connectivity index (χ2n) is 9.16. The lowest BCUT2D eigenvalue weighted by Crippen LogP contribution is -2.35. The summed E-state index contributed by atoms with van der Waals surface area (Å²) in [4.78, 5) is 45.8. The van der Waals surface area contributed by atoms with Crippen molar-refractivity contribution in [3.63, 3.8) is 0 Å². The third kappa shape index (κ3) is 7.49. The van der Waals surface area contributed by atoms with Crippen LogP contribution >= 0.6 is 0 Å². The fourth-order valence-corrected chi connectivity index (χ4v) is 3.24. The largest absolute Gasteiger partial charge is 0.444 e. The van der Waals surface area contributed by atoms with E-state index in [1.807, 2.05) is 32.0 Å². The minimum Gasteiger partial charge on any atom is -0.444 e. The molecular formula is C26H31N5O4. The monoisotopic (exact) mass is 477 g/mol. The first-order chi connectivity index (χ1) is 16.5. The molecule has 3 N–H and O–H groups in total. The van der Waals surface area contributed by atoms with Crippen LogP contribution < -0.4 is 16.0 Å². The number of carbonyl (C=O) groups excluding carboxylic acids is 3. The van der Waals surface area contributed by atoms with Crippen LogP contribution in [0.5, 0.6) is 0 Å². The minimum absolute atomic E-state index is 0.102. The molecule has 1 aromatic heterocycles. The first-order valence-electron chi connectivity index (χ1n) is 11.4. The van der Waals surface area contributed by atoms with Gasteiger partial charge in [0.2, 0.25) is 5.91 Å². The number of para-hydroxylation sites is 1. The highest BCUT2D eigenvalue weighted by Gasteiger charge is 2.16. The van der Waals surface area contributed by atoms with Gasteiger partial charge in [0.05, 0.1) is 22.4 Å². The van der Waals surface area contributed by atoms with E-state index in [1.54, 1.807) is 45.0 Å². The van der Waals surface area contributed by atoms with E-state index >= 15 is 0 Å². The number of hydrogen-bond donors (Lipinski definition) is 3. The number of hydrogen-bond acceptors (Lipinski definition) is 6. The van der Waals surface area contributed by atoms with Crippen molar-refractivity contribution in [2.75, 3.05) is 11.9 Å². The number of anilines is 1. The SMILES string of the molecule is Cc1nc2ccc(C(=O)Nc3ccccc3CNC(=O)CCNC(=O)OC(C)(C)C)cc2nc1C. The van der Waals surface area contributed by atoms with Gasteiger partial charge in [-0.05, 0) is 64.4 Å². The number of benzene rings is 2. The highest BCUT2D eigenvalue weighted by atomic mass is 16.6. The number of aryl methyl sites for hydroxylation is 2. The standard InChI is InChI=1S/C26H31N5O4/c1-16-17(2)30-22-14-18(10-11-21(22)29-16)24(33)31-20-9-7-6-8-19(20)15-28-23(32)12-13-27-25(34)35-26(3,4)5/h6-11,14H,12-13,15H2,1-5H3,(H,27,34)(H,28,32)(H,31,33). The van der Waals surface area contributed by atoms with Gasteiger partial charge in [0, 0.05) is 30.8 Å². The van der Waals surface area contributed by atoms with E-state index in [1.165, 1.54) is 0 Å². The normalized spacial score (nSPS) is 11.1. The lowest BCUT2D eigenvalue weighted by Gasteiger charge is -2.19. The summed E-state index contributed by atoms with van der Waals surface area (Å²) < 4.78 is 5.14. The van der Waals surface area contributed by atoms with Crippen LogP contribution in [0.1, 0.15) is 54.5 Å². The van der Waals surface area contributed by atoms with Crippen molar-refractivity contribution in [1.82, 2.24) is 20.6 Å². The van der Waals surface area contributed by atoms with Crippen LogP contribution in [0.2, 0.25) is 0 Å². The van der Waals surface area contributed by atoms with Gasteiger partial charge in [0.1, 0.15) is 5.60 Å². The van der Waals surface area contributed by atoms with Crippen molar-refractivity contribution in [3.8, 4) is 0 Å². The fourth-order valence-electron chi connectivity index (χ4n) is 3.24. The van der Waals surface area contributed by atoms with Crippen LogP contribution in [0.3, 0.4) is 0 Å². The molecule has 3 amide bonds. The molecular weight excluding hydrogens is 446 g/mol. The molecule has 0 bridgehead atoms. The molecule has 0 atom stereocenters. The van der Waals surface area contributed by atoms with Gasteiger partial charge in [-0.2, -0.15) is 0 Å². The molecule has 0 unspecified atom stereocenters. The Morgan fingerprint density at radius 3 is 2.31 bits per heavy atom. The lowest BCUT2D eigenvalue weighted by atomic mass is 10.1. The average molecular weight is 478 g/mol. The van der Waals surface area contributed by atoms with Crippen molar-refractivity contribution >= 4 is 34.6 Å². The summed E-state index contributed by atoms with van der Waals surface area (Å²) in [5.41, 5.74) is 4.26. The third-order valence-corrected chi connectivity index (χ3v) is 5.10. The number of fused-ring (bicyclic) bond motifs is 1. The summed E-state index contributed by atoms with van der Waals surface area (Å²) in [5, 5.41) is 8.27. The molecule has 35 heavy (non-hydrogen) atoms. The van der Waals surface area contributed by atoms with Gasteiger partial charge in [0.15, 0.2) is 0 Å². The summed E-state index contributed by atoms with van der Waals surface area (Å²) in [6, 6.07) is 12.4. The molecule has 0 radical (unpaired) electrons. The molecule has 0 aliphatic carbocycles. The predicted molar refractivity (Wildman–Crippen MR) is 134 cm³/mol. The van der Waals surface area contributed by atoms with Gasteiger partial charge >= 0.3 is 6.09 Å². The zero-order valence-corrected chi connectivity index (χ0v) is 20.7. The summed E-state index contributed by atoms with van der Waals surface area (Å²) in [7, 11) is 0. The molecule has 2 aromatic carbocycles. The Hall–Kier alpha value is -4.01. The van der Waals surface area contributed by atoms with Gasteiger partial charge in [-0.1, -0.05) is 18.2 Å². The van der Waals surface area contributed by atoms with E-state index in [0.29, 0.717) is 16.8 Å². The number of ether oxygens (including phenoxy) is 1. The van der Waals surface area contributed by atoms with Crippen molar-refractivity contribution in [2.45, 2.75) is 53.2 Å². The van der Waals surface area contributed by atoms with Crippen molar-refractivity contribution < 1.29 is 19.1 Å².